The van der Waals surface area contributed by atoms with Gasteiger partial charge in [-0.15, -0.1) is 0 Å². The van der Waals surface area contributed by atoms with Crippen molar-refractivity contribution >= 4 is 5.91 Å². The maximum Gasteiger partial charge on any atom is 0.221 e. The molecule has 1 rings (SSSR count). The van der Waals surface area contributed by atoms with E-state index in [1.165, 1.54) is 6.42 Å². The van der Waals surface area contributed by atoms with Gasteiger partial charge in [-0.3, -0.25) is 4.79 Å². The number of rotatable bonds is 5. The van der Waals surface area contributed by atoms with E-state index in [1.54, 1.807) is 0 Å². The zero-order valence-electron chi connectivity index (χ0n) is 13.6. The first-order chi connectivity index (χ1) is 8.60. The summed E-state index contributed by atoms with van der Waals surface area (Å²) in [5, 5.41) is 6.51. The molecule has 3 nitrogen and oxygen atoms in total. The lowest BCUT2D eigenvalue weighted by molar-refractivity contribution is -0.122. The zero-order chi connectivity index (χ0) is 14.7. The van der Waals surface area contributed by atoms with E-state index in [-0.39, 0.29) is 5.91 Å². The van der Waals surface area contributed by atoms with Crippen LogP contribution in [-0.4, -0.2) is 24.5 Å². The van der Waals surface area contributed by atoms with Crippen LogP contribution in [0.15, 0.2) is 0 Å². The molecule has 1 saturated carbocycles. The fraction of sp³-hybridized carbons (Fsp3) is 0.938. The Bertz CT molecular complexity index is 292. The van der Waals surface area contributed by atoms with Crippen LogP contribution in [0, 0.1) is 10.8 Å². The van der Waals surface area contributed by atoms with Crippen molar-refractivity contribution in [2.24, 2.45) is 10.8 Å². The monoisotopic (exact) mass is 268 g/mol. The largest absolute Gasteiger partial charge is 0.353 e. The first-order valence-electron chi connectivity index (χ1n) is 7.62. The van der Waals surface area contributed by atoms with Crippen molar-refractivity contribution in [2.45, 2.75) is 79.3 Å². The highest BCUT2D eigenvalue weighted by Crippen LogP contribution is 2.45. The summed E-state index contributed by atoms with van der Waals surface area (Å²) in [7, 11) is 0. The van der Waals surface area contributed by atoms with Gasteiger partial charge in [-0.25, -0.2) is 0 Å². The molecule has 0 aromatic carbocycles. The Balaban J connectivity index is 2.41. The molecule has 0 aliphatic heterocycles. The molecule has 0 radical (unpaired) electrons. The van der Waals surface area contributed by atoms with Crippen molar-refractivity contribution in [2.75, 3.05) is 6.54 Å². The highest BCUT2D eigenvalue weighted by molar-refractivity contribution is 5.76. The highest BCUT2D eigenvalue weighted by atomic mass is 16.1. The van der Waals surface area contributed by atoms with Gasteiger partial charge in [-0.05, 0) is 30.1 Å². The third-order valence-electron chi connectivity index (χ3n) is 3.82. The Morgan fingerprint density at radius 1 is 1.16 bits per heavy atom. The Kier molecular flexibility index (Phi) is 5.43. The number of hydrogen-bond acceptors (Lipinski definition) is 2. The predicted molar refractivity (Wildman–Crippen MR) is 81.1 cm³/mol. The normalized spacial score (nSPS) is 22.5. The summed E-state index contributed by atoms with van der Waals surface area (Å²) in [6.45, 7) is 14.2. The van der Waals surface area contributed by atoms with Crippen LogP contribution in [-0.2, 0) is 4.79 Å². The summed E-state index contributed by atoms with van der Waals surface area (Å²) in [4.78, 5) is 12.0. The van der Waals surface area contributed by atoms with E-state index in [9.17, 15) is 4.79 Å². The lowest BCUT2D eigenvalue weighted by atomic mass is 9.63. The molecule has 0 saturated heterocycles. The van der Waals surface area contributed by atoms with Crippen LogP contribution in [0.1, 0.15) is 67.2 Å². The van der Waals surface area contributed by atoms with Crippen molar-refractivity contribution < 1.29 is 4.79 Å². The molecule has 0 heterocycles. The quantitative estimate of drug-likeness (QED) is 0.804. The molecule has 3 heteroatoms. The molecule has 1 aliphatic rings. The first-order valence-corrected chi connectivity index (χ1v) is 7.62. The second-order valence-electron chi connectivity index (χ2n) is 8.04. The highest BCUT2D eigenvalue weighted by Gasteiger charge is 2.38. The lowest BCUT2D eigenvalue weighted by Gasteiger charge is -2.45. The standard InChI is InChI=1S/C16H32N2O/c1-12(2)17-8-7-14(19)18-13-9-15(3,4)11-16(5,6)10-13/h12-13,17H,7-11H2,1-6H3,(H,18,19). The molecular weight excluding hydrogens is 236 g/mol. The number of carbonyl (C=O) groups is 1. The van der Waals surface area contributed by atoms with Gasteiger partial charge in [0.25, 0.3) is 0 Å². The van der Waals surface area contributed by atoms with Crippen LogP contribution in [0.4, 0.5) is 0 Å². The van der Waals surface area contributed by atoms with Crippen molar-refractivity contribution in [3.63, 3.8) is 0 Å². The minimum absolute atomic E-state index is 0.187. The van der Waals surface area contributed by atoms with Gasteiger partial charge in [0, 0.05) is 25.0 Å². The molecule has 1 amide bonds. The topological polar surface area (TPSA) is 41.1 Å². The predicted octanol–water partition coefficient (Wildman–Crippen LogP) is 3.10. The Morgan fingerprint density at radius 3 is 2.16 bits per heavy atom. The number of hydrogen-bond donors (Lipinski definition) is 2. The van der Waals surface area contributed by atoms with Crippen molar-refractivity contribution in [3.8, 4) is 0 Å². The summed E-state index contributed by atoms with van der Waals surface area (Å²) in [5.74, 6) is 0.187. The van der Waals surface area contributed by atoms with E-state index in [0.717, 1.165) is 19.4 Å². The van der Waals surface area contributed by atoms with Gasteiger partial charge in [0.1, 0.15) is 0 Å². The Morgan fingerprint density at radius 2 is 1.68 bits per heavy atom. The first kappa shape index (κ1) is 16.5. The summed E-state index contributed by atoms with van der Waals surface area (Å²) < 4.78 is 0. The summed E-state index contributed by atoms with van der Waals surface area (Å²) in [6, 6.07) is 0.783. The zero-order valence-corrected chi connectivity index (χ0v) is 13.6. The second-order valence-corrected chi connectivity index (χ2v) is 8.04. The van der Waals surface area contributed by atoms with Gasteiger partial charge >= 0.3 is 0 Å². The molecule has 1 fully saturated rings. The SMILES string of the molecule is CC(C)NCCC(=O)NC1CC(C)(C)CC(C)(C)C1. The fourth-order valence-electron chi connectivity index (χ4n) is 3.72. The van der Waals surface area contributed by atoms with E-state index < -0.39 is 0 Å². The molecule has 0 atom stereocenters. The van der Waals surface area contributed by atoms with Crippen LogP contribution >= 0.6 is 0 Å². The molecule has 0 spiro atoms. The molecule has 19 heavy (non-hydrogen) atoms. The average Bonchev–Trinajstić information content (AvgIpc) is 2.10. The maximum absolute atomic E-state index is 12.0. The number of amides is 1. The minimum atomic E-state index is 0.187. The fourth-order valence-corrected chi connectivity index (χ4v) is 3.72. The van der Waals surface area contributed by atoms with Gasteiger partial charge in [-0.1, -0.05) is 41.5 Å². The number of carbonyl (C=O) groups excluding carboxylic acids is 1. The Labute approximate surface area is 118 Å². The van der Waals surface area contributed by atoms with Gasteiger partial charge < -0.3 is 10.6 Å². The van der Waals surface area contributed by atoms with E-state index in [0.29, 0.717) is 29.3 Å². The second kappa shape index (κ2) is 6.25. The summed E-state index contributed by atoms with van der Waals surface area (Å²) in [5.41, 5.74) is 0.658. The molecule has 0 bridgehead atoms. The van der Waals surface area contributed by atoms with Crippen LogP contribution in [0.3, 0.4) is 0 Å². The molecule has 2 N–H and O–H groups in total. The van der Waals surface area contributed by atoms with E-state index >= 15 is 0 Å². The van der Waals surface area contributed by atoms with Crippen molar-refractivity contribution in [1.29, 1.82) is 0 Å². The molecule has 0 aromatic rings. The van der Waals surface area contributed by atoms with Crippen LogP contribution in [0.5, 0.6) is 0 Å². The lowest BCUT2D eigenvalue weighted by Crippen LogP contribution is -2.46. The van der Waals surface area contributed by atoms with Crippen LogP contribution in [0.25, 0.3) is 0 Å². The molecule has 1 aliphatic carbocycles. The van der Waals surface area contributed by atoms with Crippen LogP contribution in [0.2, 0.25) is 0 Å². The minimum Gasteiger partial charge on any atom is -0.353 e. The number of nitrogens with one attached hydrogen (secondary N) is 2. The van der Waals surface area contributed by atoms with Crippen molar-refractivity contribution in [3.05, 3.63) is 0 Å². The van der Waals surface area contributed by atoms with E-state index in [1.807, 2.05) is 0 Å². The molecular formula is C16H32N2O. The third-order valence-corrected chi connectivity index (χ3v) is 3.82. The van der Waals surface area contributed by atoms with Crippen LogP contribution < -0.4 is 10.6 Å². The summed E-state index contributed by atoms with van der Waals surface area (Å²) in [6.07, 6.45) is 4.01. The van der Waals surface area contributed by atoms with Gasteiger partial charge in [0.2, 0.25) is 5.91 Å². The van der Waals surface area contributed by atoms with Gasteiger partial charge in [-0.2, -0.15) is 0 Å². The third kappa shape index (κ3) is 6.42. The van der Waals surface area contributed by atoms with Gasteiger partial charge in [0.05, 0.1) is 0 Å². The summed E-state index contributed by atoms with van der Waals surface area (Å²) >= 11 is 0. The van der Waals surface area contributed by atoms with Gasteiger partial charge in [0.15, 0.2) is 0 Å². The maximum atomic E-state index is 12.0. The Hall–Kier alpha value is -0.570. The molecule has 112 valence electrons. The van der Waals surface area contributed by atoms with E-state index in [4.69, 9.17) is 0 Å². The van der Waals surface area contributed by atoms with E-state index in [2.05, 4.69) is 52.2 Å². The molecule has 0 aromatic heterocycles. The smallest absolute Gasteiger partial charge is 0.221 e. The molecule has 0 unspecified atom stereocenters. The average molecular weight is 268 g/mol. The van der Waals surface area contributed by atoms with Crippen molar-refractivity contribution in [1.82, 2.24) is 10.6 Å².